The third kappa shape index (κ3) is 4.13. The predicted molar refractivity (Wildman–Crippen MR) is 114 cm³/mol. The van der Waals surface area contributed by atoms with E-state index in [2.05, 4.69) is 20.3 Å². The number of amides is 1. The highest BCUT2D eigenvalue weighted by Gasteiger charge is 2.15. The van der Waals surface area contributed by atoms with Crippen LogP contribution in [0.2, 0.25) is 5.02 Å². The molecule has 2 heterocycles. The maximum absolute atomic E-state index is 12.5. The first-order chi connectivity index (χ1) is 14.0. The van der Waals surface area contributed by atoms with Gasteiger partial charge in [-0.1, -0.05) is 22.9 Å². The Hall–Kier alpha value is -3.23. The van der Waals surface area contributed by atoms with Crippen molar-refractivity contribution < 1.29 is 9.53 Å². The summed E-state index contributed by atoms with van der Waals surface area (Å²) in [4.78, 5) is 36.1. The first kappa shape index (κ1) is 19.1. The van der Waals surface area contributed by atoms with Gasteiger partial charge in [0.25, 0.3) is 11.5 Å². The Bertz CT molecular complexity index is 1250. The SMILES string of the molecule is CCOc1ccc2nc(NC(=O)c3cnc(-c4ccc(Cl)cc4)[nH]c3=O)sc2c1. The van der Waals surface area contributed by atoms with E-state index in [1.807, 2.05) is 25.1 Å². The normalized spacial score (nSPS) is 10.8. The second-order valence-corrected chi connectivity index (χ2v) is 7.48. The number of thiazole rings is 1. The van der Waals surface area contributed by atoms with Gasteiger partial charge in [-0.3, -0.25) is 14.9 Å². The summed E-state index contributed by atoms with van der Waals surface area (Å²) in [5, 5.41) is 3.63. The van der Waals surface area contributed by atoms with Gasteiger partial charge >= 0.3 is 0 Å². The number of nitrogens with zero attached hydrogens (tertiary/aromatic N) is 2. The molecular weight excluding hydrogens is 412 g/mol. The Morgan fingerprint density at radius 3 is 2.76 bits per heavy atom. The third-order valence-electron chi connectivity index (χ3n) is 4.05. The Kier molecular flexibility index (Phi) is 5.28. The Morgan fingerprint density at radius 2 is 2.03 bits per heavy atom. The summed E-state index contributed by atoms with van der Waals surface area (Å²) >= 11 is 7.17. The second kappa shape index (κ2) is 8.02. The van der Waals surface area contributed by atoms with Crippen LogP contribution < -0.4 is 15.6 Å². The lowest BCUT2D eigenvalue weighted by atomic mass is 10.2. The molecule has 0 aliphatic rings. The highest BCUT2D eigenvalue weighted by atomic mass is 35.5. The molecule has 2 N–H and O–H groups in total. The monoisotopic (exact) mass is 426 g/mol. The van der Waals surface area contributed by atoms with E-state index in [0.717, 1.165) is 16.0 Å². The highest BCUT2D eigenvalue weighted by Crippen LogP contribution is 2.29. The van der Waals surface area contributed by atoms with Crippen LogP contribution in [-0.2, 0) is 0 Å². The fourth-order valence-corrected chi connectivity index (χ4v) is 3.71. The number of anilines is 1. The van der Waals surface area contributed by atoms with E-state index < -0.39 is 11.5 Å². The molecule has 2 aromatic carbocycles. The van der Waals surface area contributed by atoms with Gasteiger partial charge in [0.05, 0.1) is 16.8 Å². The summed E-state index contributed by atoms with van der Waals surface area (Å²) in [6.45, 7) is 2.47. The van der Waals surface area contributed by atoms with Gasteiger partial charge in [0.2, 0.25) is 0 Å². The maximum atomic E-state index is 12.5. The molecule has 9 heteroatoms. The molecule has 0 aliphatic carbocycles. The first-order valence-corrected chi connectivity index (χ1v) is 9.93. The molecule has 0 fully saturated rings. The van der Waals surface area contributed by atoms with Crippen molar-refractivity contribution in [2.45, 2.75) is 6.92 Å². The van der Waals surface area contributed by atoms with Crippen molar-refractivity contribution in [2.75, 3.05) is 11.9 Å². The molecule has 0 atom stereocenters. The number of nitrogens with one attached hydrogen (secondary N) is 2. The van der Waals surface area contributed by atoms with Crippen LogP contribution in [0.15, 0.2) is 53.5 Å². The number of H-pyrrole nitrogens is 1. The van der Waals surface area contributed by atoms with Crippen molar-refractivity contribution >= 4 is 44.2 Å². The molecule has 4 aromatic rings. The van der Waals surface area contributed by atoms with E-state index in [0.29, 0.717) is 28.1 Å². The van der Waals surface area contributed by atoms with Crippen LogP contribution in [0.3, 0.4) is 0 Å². The van der Waals surface area contributed by atoms with Crippen LogP contribution in [0.25, 0.3) is 21.6 Å². The molecule has 0 unspecified atom stereocenters. The van der Waals surface area contributed by atoms with Crippen LogP contribution in [0.4, 0.5) is 5.13 Å². The molecule has 0 saturated carbocycles. The smallest absolute Gasteiger partial charge is 0.264 e. The van der Waals surface area contributed by atoms with Crippen LogP contribution >= 0.6 is 22.9 Å². The number of hydrogen-bond donors (Lipinski definition) is 2. The summed E-state index contributed by atoms with van der Waals surface area (Å²) in [5.74, 6) is 0.511. The number of carbonyl (C=O) groups excluding carboxylic acids is 1. The predicted octanol–water partition coefficient (Wildman–Crippen LogP) is 4.35. The number of aromatic nitrogens is 3. The average molecular weight is 427 g/mol. The summed E-state index contributed by atoms with van der Waals surface area (Å²) in [7, 11) is 0. The van der Waals surface area contributed by atoms with Crippen molar-refractivity contribution in [2.24, 2.45) is 0 Å². The number of fused-ring (bicyclic) bond motifs is 1. The minimum absolute atomic E-state index is 0.100. The summed E-state index contributed by atoms with van der Waals surface area (Å²) in [6, 6.07) is 12.4. The van der Waals surface area contributed by atoms with Crippen molar-refractivity contribution in [3.63, 3.8) is 0 Å². The third-order valence-corrected chi connectivity index (χ3v) is 5.24. The van der Waals surface area contributed by atoms with Gasteiger partial charge in [0.15, 0.2) is 5.13 Å². The van der Waals surface area contributed by atoms with E-state index >= 15 is 0 Å². The van der Waals surface area contributed by atoms with Crippen molar-refractivity contribution in [3.8, 4) is 17.1 Å². The lowest BCUT2D eigenvalue weighted by molar-refractivity contribution is 0.102. The summed E-state index contributed by atoms with van der Waals surface area (Å²) in [5.41, 5.74) is 0.785. The molecule has 0 bridgehead atoms. The largest absolute Gasteiger partial charge is 0.494 e. The Morgan fingerprint density at radius 1 is 1.24 bits per heavy atom. The zero-order valence-electron chi connectivity index (χ0n) is 15.2. The van der Waals surface area contributed by atoms with Gasteiger partial charge in [-0.25, -0.2) is 9.97 Å². The number of hydrogen-bond acceptors (Lipinski definition) is 6. The fourth-order valence-electron chi connectivity index (χ4n) is 2.69. The van der Waals surface area contributed by atoms with Crippen molar-refractivity contribution in [1.82, 2.24) is 15.0 Å². The Balaban J connectivity index is 1.56. The van der Waals surface area contributed by atoms with E-state index in [-0.39, 0.29) is 5.56 Å². The Labute approximate surface area is 174 Å². The van der Waals surface area contributed by atoms with Crippen LogP contribution in [-0.4, -0.2) is 27.5 Å². The number of carbonyl (C=O) groups is 1. The van der Waals surface area contributed by atoms with E-state index in [9.17, 15) is 9.59 Å². The zero-order valence-corrected chi connectivity index (χ0v) is 16.8. The number of ether oxygens (including phenoxy) is 1. The summed E-state index contributed by atoms with van der Waals surface area (Å²) in [6.07, 6.45) is 1.25. The molecule has 1 amide bonds. The lowest BCUT2D eigenvalue weighted by Crippen LogP contribution is -2.24. The fraction of sp³-hybridized carbons (Fsp3) is 0.100. The molecule has 4 rings (SSSR count). The van der Waals surface area contributed by atoms with E-state index in [1.165, 1.54) is 17.5 Å². The molecule has 7 nitrogen and oxygen atoms in total. The van der Waals surface area contributed by atoms with Gasteiger partial charge in [0, 0.05) is 16.8 Å². The van der Waals surface area contributed by atoms with Crippen molar-refractivity contribution in [3.05, 3.63) is 69.6 Å². The molecule has 0 spiro atoms. The van der Waals surface area contributed by atoms with Crippen LogP contribution in [0.5, 0.6) is 5.75 Å². The topological polar surface area (TPSA) is 97.0 Å². The molecule has 0 aliphatic heterocycles. The minimum atomic E-state index is -0.578. The average Bonchev–Trinajstić information content (AvgIpc) is 3.10. The molecule has 146 valence electrons. The van der Waals surface area contributed by atoms with Gasteiger partial charge < -0.3 is 9.72 Å². The molecule has 0 saturated heterocycles. The quantitative estimate of drug-likeness (QED) is 0.494. The number of halogens is 1. The number of benzene rings is 2. The van der Waals surface area contributed by atoms with Gasteiger partial charge in [-0.05, 0) is 49.4 Å². The molecule has 2 aromatic heterocycles. The van der Waals surface area contributed by atoms with Crippen LogP contribution in [0.1, 0.15) is 17.3 Å². The standard InChI is InChI=1S/C20H15ClN4O3S/c1-2-28-13-7-8-15-16(9-13)29-20(23-15)25-19(27)14-10-22-17(24-18(14)26)11-3-5-12(21)6-4-11/h3-10H,2H2,1H3,(H,22,24,26)(H,23,25,27). The highest BCUT2D eigenvalue weighted by molar-refractivity contribution is 7.22. The number of aromatic amines is 1. The first-order valence-electron chi connectivity index (χ1n) is 8.73. The molecular formula is C20H15ClN4O3S. The van der Waals surface area contributed by atoms with Gasteiger partial charge in [-0.2, -0.15) is 0 Å². The maximum Gasteiger partial charge on any atom is 0.264 e. The van der Waals surface area contributed by atoms with E-state index in [4.69, 9.17) is 16.3 Å². The van der Waals surface area contributed by atoms with Crippen LogP contribution in [0, 0.1) is 0 Å². The van der Waals surface area contributed by atoms with E-state index in [1.54, 1.807) is 24.3 Å². The minimum Gasteiger partial charge on any atom is -0.494 e. The second-order valence-electron chi connectivity index (χ2n) is 6.02. The molecule has 29 heavy (non-hydrogen) atoms. The van der Waals surface area contributed by atoms with Gasteiger partial charge in [-0.15, -0.1) is 0 Å². The summed E-state index contributed by atoms with van der Waals surface area (Å²) < 4.78 is 6.35. The molecule has 0 radical (unpaired) electrons. The zero-order chi connectivity index (χ0) is 20.4. The number of rotatable bonds is 5. The van der Waals surface area contributed by atoms with Crippen molar-refractivity contribution in [1.29, 1.82) is 0 Å². The lowest BCUT2D eigenvalue weighted by Gasteiger charge is -2.03. The van der Waals surface area contributed by atoms with Gasteiger partial charge in [0.1, 0.15) is 17.1 Å².